The summed E-state index contributed by atoms with van der Waals surface area (Å²) in [6.07, 6.45) is 3.73. The Balaban J connectivity index is 0.00000180. The van der Waals surface area contributed by atoms with E-state index in [1.807, 2.05) is 12.7 Å². The molecule has 6 nitrogen and oxygen atoms in total. The predicted octanol–water partition coefficient (Wildman–Crippen LogP) is 2.02. The van der Waals surface area contributed by atoms with Gasteiger partial charge in [-0.15, -0.1) is 12.4 Å². The first kappa shape index (κ1) is 15.9. The van der Waals surface area contributed by atoms with E-state index >= 15 is 0 Å². The number of azo groups is 1. The molecule has 2 heterocycles. The van der Waals surface area contributed by atoms with Crippen molar-refractivity contribution in [3.63, 3.8) is 0 Å². The van der Waals surface area contributed by atoms with E-state index in [9.17, 15) is 0 Å². The molecule has 0 aromatic heterocycles. The molecule has 0 aliphatic carbocycles. The van der Waals surface area contributed by atoms with Gasteiger partial charge < -0.3 is 9.80 Å². The van der Waals surface area contributed by atoms with E-state index in [0.29, 0.717) is 0 Å². The van der Waals surface area contributed by atoms with Gasteiger partial charge in [0.1, 0.15) is 11.3 Å². The molecule has 0 radical (unpaired) electrons. The second-order valence-electron chi connectivity index (χ2n) is 5.62. The van der Waals surface area contributed by atoms with E-state index in [4.69, 9.17) is 0 Å². The second-order valence-corrected chi connectivity index (χ2v) is 5.62. The van der Waals surface area contributed by atoms with Crippen LogP contribution in [0.5, 0.6) is 0 Å². The molecule has 0 saturated heterocycles. The van der Waals surface area contributed by atoms with Crippen molar-refractivity contribution >= 4 is 25.1 Å². The lowest BCUT2D eigenvalue weighted by Gasteiger charge is -2.33. The molecule has 0 unspecified atom stereocenters. The van der Waals surface area contributed by atoms with Crippen molar-refractivity contribution < 1.29 is 0 Å². The molecule has 0 aromatic rings. The van der Waals surface area contributed by atoms with E-state index in [1.165, 1.54) is 0 Å². The lowest BCUT2D eigenvalue weighted by molar-refractivity contribution is 0.192. The minimum absolute atomic E-state index is 0. The molecule has 0 N–H and O–H groups in total. The largest absolute Gasteiger partial charge is 0.336 e. The summed E-state index contributed by atoms with van der Waals surface area (Å²) in [6, 6.07) is 0. The van der Waals surface area contributed by atoms with Gasteiger partial charge in [0.2, 0.25) is 0 Å². The van der Waals surface area contributed by atoms with Crippen LogP contribution in [0.15, 0.2) is 20.2 Å². The van der Waals surface area contributed by atoms with Crippen molar-refractivity contribution in [3.05, 3.63) is 0 Å². The number of aliphatic imine (C=N–C) groups is 2. The zero-order chi connectivity index (χ0) is 13.2. The van der Waals surface area contributed by atoms with Gasteiger partial charge in [-0.25, -0.2) is 0 Å². The molecule has 19 heavy (non-hydrogen) atoms. The highest BCUT2D eigenvalue weighted by molar-refractivity contribution is 5.85. The number of halogens is 1. The summed E-state index contributed by atoms with van der Waals surface area (Å²) >= 11 is 0. The zero-order valence-corrected chi connectivity index (χ0v) is 12.9. The molecule has 0 aromatic carbocycles. The molecule has 0 spiro atoms. The molecule has 2 rings (SSSR count). The van der Waals surface area contributed by atoms with Crippen molar-refractivity contribution in [2.75, 3.05) is 26.2 Å². The average Bonchev–Trinajstić information content (AvgIpc) is 2.99. The molecular formula is C12H23ClN6. The SMILES string of the molecule is CC(C)(N=NC(C)(C)N1C=NCC1)N1C=NCC1.Cl. The molecule has 108 valence electrons. The maximum absolute atomic E-state index is 4.51. The fraction of sp³-hybridized carbons (Fsp3) is 0.833. The number of rotatable bonds is 4. The summed E-state index contributed by atoms with van der Waals surface area (Å²) < 4.78 is 0. The molecule has 7 heteroatoms. The minimum Gasteiger partial charge on any atom is -0.336 e. The van der Waals surface area contributed by atoms with Crippen molar-refractivity contribution in [2.45, 2.75) is 39.0 Å². The lowest BCUT2D eigenvalue weighted by atomic mass is 10.2. The second kappa shape index (κ2) is 5.86. The minimum atomic E-state index is -0.339. The van der Waals surface area contributed by atoms with E-state index in [-0.39, 0.29) is 23.7 Å². The predicted molar refractivity (Wildman–Crippen MR) is 80.4 cm³/mol. The van der Waals surface area contributed by atoms with Crippen LogP contribution in [0.3, 0.4) is 0 Å². The summed E-state index contributed by atoms with van der Waals surface area (Å²) in [5.74, 6) is 0. The molecule has 0 atom stereocenters. The Morgan fingerprint density at radius 3 is 1.47 bits per heavy atom. The monoisotopic (exact) mass is 286 g/mol. The normalized spacial score (nSPS) is 19.6. The van der Waals surface area contributed by atoms with E-state index in [1.54, 1.807) is 0 Å². The van der Waals surface area contributed by atoms with Crippen LogP contribution in [0.25, 0.3) is 0 Å². The highest BCUT2D eigenvalue weighted by atomic mass is 35.5. The Hall–Kier alpha value is -1.17. The van der Waals surface area contributed by atoms with Gasteiger partial charge in [-0.1, -0.05) is 0 Å². The van der Waals surface area contributed by atoms with Crippen LogP contribution < -0.4 is 0 Å². The maximum atomic E-state index is 4.51. The average molecular weight is 287 g/mol. The van der Waals surface area contributed by atoms with Crippen LogP contribution in [-0.4, -0.2) is 60.0 Å². The molecule has 2 aliphatic heterocycles. The number of nitrogens with zero attached hydrogens (tertiary/aromatic N) is 6. The fourth-order valence-corrected chi connectivity index (χ4v) is 1.95. The van der Waals surface area contributed by atoms with Gasteiger partial charge in [-0.3, -0.25) is 9.98 Å². The van der Waals surface area contributed by atoms with Crippen molar-refractivity contribution in [1.82, 2.24) is 9.80 Å². The summed E-state index contributed by atoms with van der Waals surface area (Å²) in [5.41, 5.74) is -0.678. The van der Waals surface area contributed by atoms with E-state index in [0.717, 1.165) is 26.2 Å². The number of hydrogen-bond acceptors (Lipinski definition) is 6. The topological polar surface area (TPSA) is 55.9 Å². The maximum Gasteiger partial charge on any atom is 0.147 e. The number of hydrogen-bond donors (Lipinski definition) is 0. The molecule has 2 aliphatic rings. The van der Waals surface area contributed by atoms with Crippen molar-refractivity contribution in [1.29, 1.82) is 0 Å². The van der Waals surface area contributed by atoms with Crippen LogP contribution in [0.1, 0.15) is 27.7 Å². The molecule has 0 saturated carbocycles. The Kier molecular flexibility index (Phi) is 4.90. The quantitative estimate of drug-likeness (QED) is 0.743. The van der Waals surface area contributed by atoms with Crippen LogP contribution in [0.4, 0.5) is 0 Å². The third-order valence-corrected chi connectivity index (χ3v) is 3.33. The first-order chi connectivity index (χ1) is 8.42. The van der Waals surface area contributed by atoms with Gasteiger partial charge in [-0.2, -0.15) is 10.2 Å². The van der Waals surface area contributed by atoms with Gasteiger partial charge in [0, 0.05) is 13.1 Å². The summed E-state index contributed by atoms with van der Waals surface area (Å²) in [4.78, 5) is 12.7. The van der Waals surface area contributed by atoms with Gasteiger partial charge in [-0.05, 0) is 27.7 Å². The third kappa shape index (κ3) is 3.65. The Bertz CT molecular complexity index is 352. The standard InChI is InChI=1S/C12H22N6.ClH/c1-11(2,17-7-5-13-9-17)15-16-12(3,4)18-8-6-14-10-18;/h9-10H,5-8H2,1-4H3;1H. The van der Waals surface area contributed by atoms with Crippen LogP contribution >= 0.6 is 12.4 Å². The Morgan fingerprint density at radius 1 is 0.842 bits per heavy atom. The zero-order valence-electron chi connectivity index (χ0n) is 12.1. The smallest absolute Gasteiger partial charge is 0.147 e. The third-order valence-electron chi connectivity index (χ3n) is 3.33. The van der Waals surface area contributed by atoms with E-state index in [2.05, 4.69) is 57.7 Å². The van der Waals surface area contributed by atoms with E-state index < -0.39 is 0 Å². The highest BCUT2D eigenvalue weighted by Gasteiger charge is 2.30. The highest BCUT2D eigenvalue weighted by Crippen LogP contribution is 2.22. The van der Waals surface area contributed by atoms with Crippen molar-refractivity contribution in [2.24, 2.45) is 20.2 Å². The molecular weight excluding hydrogens is 264 g/mol. The molecule has 0 fully saturated rings. The summed E-state index contributed by atoms with van der Waals surface area (Å²) in [7, 11) is 0. The van der Waals surface area contributed by atoms with Crippen LogP contribution in [0, 0.1) is 0 Å². The van der Waals surface area contributed by atoms with Crippen LogP contribution in [-0.2, 0) is 0 Å². The molecule has 0 amide bonds. The Labute approximate surface area is 121 Å². The lowest BCUT2D eigenvalue weighted by Crippen LogP contribution is -2.43. The fourth-order valence-electron chi connectivity index (χ4n) is 1.95. The van der Waals surface area contributed by atoms with Gasteiger partial charge in [0.15, 0.2) is 0 Å². The van der Waals surface area contributed by atoms with Crippen molar-refractivity contribution in [3.8, 4) is 0 Å². The van der Waals surface area contributed by atoms with Crippen LogP contribution in [0.2, 0.25) is 0 Å². The first-order valence-corrected chi connectivity index (χ1v) is 6.39. The van der Waals surface area contributed by atoms with Gasteiger partial charge in [0.05, 0.1) is 25.8 Å². The van der Waals surface area contributed by atoms with Gasteiger partial charge in [0.25, 0.3) is 0 Å². The molecule has 0 bridgehead atoms. The first-order valence-electron chi connectivity index (χ1n) is 6.39. The van der Waals surface area contributed by atoms with Gasteiger partial charge >= 0.3 is 0 Å². The summed E-state index contributed by atoms with van der Waals surface area (Å²) in [5, 5.41) is 9.02. The summed E-state index contributed by atoms with van der Waals surface area (Å²) in [6.45, 7) is 11.8. The Morgan fingerprint density at radius 2 is 1.21 bits per heavy atom.